The van der Waals surface area contributed by atoms with Crippen LogP contribution >= 0.6 is 34.2 Å². The molecule has 2 rings (SSSR count). The Bertz CT molecular complexity index is 649. The monoisotopic (exact) mass is 432 g/mol. The highest BCUT2D eigenvalue weighted by molar-refractivity contribution is 14.1. The Morgan fingerprint density at radius 3 is 2.45 bits per heavy atom. The van der Waals surface area contributed by atoms with Crippen LogP contribution in [0, 0.1) is 9.39 Å². The SMILES string of the molecule is O=C(CNCc1ccc(I)c(F)c1)NCc1ccc(Cl)cc1. The number of rotatable bonds is 6. The standard InChI is InChI=1S/C16H15ClFIN2O/c17-13-4-1-11(2-5-13)9-21-16(22)10-20-8-12-3-6-15(19)14(18)7-12/h1-7,20H,8-10H2,(H,21,22). The maximum absolute atomic E-state index is 13.4. The molecule has 0 spiro atoms. The number of benzene rings is 2. The summed E-state index contributed by atoms with van der Waals surface area (Å²) in [4.78, 5) is 11.7. The predicted molar refractivity (Wildman–Crippen MR) is 94.1 cm³/mol. The van der Waals surface area contributed by atoms with Crippen LogP contribution in [0.15, 0.2) is 42.5 Å². The second-order valence-corrected chi connectivity index (χ2v) is 6.35. The minimum Gasteiger partial charge on any atom is -0.351 e. The predicted octanol–water partition coefficient (Wildman–Crippen LogP) is 3.49. The van der Waals surface area contributed by atoms with Crippen molar-refractivity contribution < 1.29 is 9.18 Å². The second-order valence-electron chi connectivity index (χ2n) is 4.76. The molecule has 0 radical (unpaired) electrons. The average Bonchev–Trinajstić information content (AvgIpc) is 2.50. The summed E-state index contributed by atoms with van der Waals surface area (Å²) in [7, 11) is 0. The van der Waals surface area contributed by atoms with Crippen LogP contribution < -0.4 is 10.6 Å². The van der Waals surface area contributed by atoms with E-state index >= 15 is 0 Å². The van der Waals surface area contributed by atoms with Crippen molar-refractivity contribution in [3.05, 3.63) is 68.0 Å². The Hall–Kier alpha value is -1.18. The largest absolute Gasteiger partial charge is 0.351 e. The summed E-state index contributed by atoms with van der Waals surface area (Å²) in [6, 6.07) is 12.3. The summed E-state index contributed by atoms with van der Waals surface area (Å²) in [6.45, 7) is 1.08. The van der Waals surface area contributed by atoms with Crippen molar-refractivity contribution >= 4 is 40.1 Å². The van der Waals surface area contributed by atoms with Gasteiger partial charge in [-0.15, -0.1) is 0 Å². The number of amides is 1. The maximum atomic E-state index is 13.4. The van der Waals surface area contributed by atoms with E-state index in [0.717, 1.165) is 11.1 Å². The van der Waals surface area contributed by atoms with Gasteiger partial charge in [0.2, 0.25) is 5.91 Å². The topological polar surface area (TPSA) is 41.1 Å². The van der Waals surface area contributed by atoms with Gasteiger partial charge in [-0.2, -0.15) is 0 Å². The fourth-order valence-corrected chi connectivity index (χ4v) is 2.30. The Morgan fingerprint density at radius 1 is 1.09 bits per heavy atom. The van der Waals surface area contributed by atoms with Gasteiger partial charge in [-0.05, 0) is 58.0 Å². The first kappa shape index (κ1) is 17.2. The van der Waals surface area contributed by atoms with Crippen molar-refractivity contribution in [1.29, 1.82) is 0 Å². The van der Waals surface area contributed by atoms with Crippen molar-refractivity contribution in [2.45, 2.75) is 13.1 Å². The fourth-order valence-electron chi connectivity index (χ4n) is 1.84. The number of hydrogen-bond donors (Lipinski definition) is 2. The molecule has 0 aromatic heterocycles. The molecule has 0 bridgehead atoms. The van der Waals surface area contributed by atoms with Crippen molar-refractivity contribution in [2.24, 2.45) is 0 Å². The lowest BCUT2D eigenvalue weighted by Crippen LogP contribution is -2.33. The van der Waals surface area contributed by atoms with E-state index in [4.69, 9.17) is 11.6 Å². The summed E-state index contributed by atoms with van der Waals surface area (Å²) in [5.74, 6) is -0.354. The molecule has 0 heterocycles. The van der Waals surface area contributed by atoms with E-state index in [1.165, 1.54) is 6.07 Å². The molecule has 0 saturated carbocycles. The molecule has 3 nitrogen and oxygen atoms in total. The number of carbonyl (C=O) groups is 1. The number of hydrogen-bond acceptors (Lipinski definition) is 2. The van der Waals surface area contributed by atoms with Crippen LogP contribution in [0.4, 0.5) is 4.39 Å². The third-order valence-electron chi connectivity index (χ3n) is 3.00. The van der Waals surface area contributed by atoms with E-state index in [9.17, 15) is 9.18 Å². The van der Waals surface area contributed by atoms with E-state index in [0.29, 0.717) is 21.7 Å². The maximum Gasteiger partial charge on any atom is 0.234 e. The van der Waals surface area contributed by atoms with Gasteiger partial charge >= 0.3 is 0 Å². The van der Waals surface area contributed by atoms with Gasteiger partial charge in [0.05, 0.1) is 6.54 Å². The summed E-state index contributed by atoms with van der Waals surface area (Å²) >= 11 is 7.74. The molecule has 2 N–H and O–H groups in total. The molecule has 0 unspecified atom stereocenters. The molecule has 0 aliphatic rings. The van der Waals surface area contributed by atoms with Gasteiger partial charge in [-0.1, -0.05) is 29.8 Å². The highest BCUT2D eigenvalue weighted by Crippen LogP contribution is 2.12. The highest BCUT2D eigenvalue weighted by Gasteiger charge is 2.03. The summed E-state index contributed by atoms with van der Waals surface area (Å²) in [5.41, 5.74) is 1.79. The number of halogens is 3. The number of nitrogens with one attached hydrogen (secondary N) is 2. The van der Waals surface area contributed by atoms with Crippen molar-refractivity contribution in [2.75, 3.05) is 6.54 Å². The van der Waals surface area contributed by atoms with E-state index in [1.54, 1.807) is 18.2 Å². The molecule has 1 amide bonds. The molecular weight excluding hydrogens is 418 g/mol. The minimum absolute atomic E-state index is 0.110. The van der Waals surface area contributed by atoms with Gasteiger partial charge in [0.1, 0.15) is 5.82 Å². The zero-order chi connectivity index (χ0) is 15.9. The fraction of sp³-hybridized carbons (Fsp3) is 0.188. The van der Waals surface area contributed by atoms with E-state index in [1.807, 2.05) is 40.8 Å². The zero-order valence-electron chi connectivity index (χ0n) is 11.7. The van der Waals surface area contributed by atoms with Crippen LogP contribution in [-0.2, 0) is 17.9 Å². The summed E-state index contributed by atoms with van der Waals surface area (Å²) < 4.78 is 14.0. The summed E-state index contributed by atoms with van der Waals surface area (Å²) in [5, 5.41) is 6.46. The van der Waals surface area contributed by atoms with Gasteiger partial charge in [0.25, 0.3) is 0 Å². The lowest BCUT2D eigenvalue weighted by Gasteiger charge is -2.07. The molecule has 2 aromatic carbocycles. The van der Waals surface area contributed by atoms with Crippen LogP contribution in [0.1, 0.15) is 11.1 Å². The normalized spacial score (nSPS) is 10.5. The van der Waals surface area contributed by atoms with E-state index < -0.39 is 0 Å². The molecule has 22 heavy (non-hydrogen) atoms. The number of carbonyl (C=O) groups excluding carboxylic acids is 1. The van der Waals surface area contributed by atoms with Crippen LogP contribution in [-0.4, -0.2) is 12.5 Å². The quantitative estimate of drug-likeness (QED) is 0.686. The molecule has 0 aliphatic heterocycles. The van der Waals surface area contributed by atoms with Gasteiger partial charge in [-0.3, -0.25) is 4.79 Å². The Kier molecular flexibility index (Phi) is 6.60. The van der Waals surface area contributed by atoms with Crippen molar-refractivity contribution in [3.8, 4) is 0 Å². The zero-order valence-corrected chi connectivity index (χ0v) is 14.6. The first-order chi connectivity index (χ1) is 10.5. The average molecular weight is 433 g/mol. The first-order valence-electron chi connectivity index (χ1n) is 6.70. The molecule has 6 heteroatoms. The molecule has 0 aliphatic carbocycles. The molecular formula is C16H15ClFIN2O. The summed E-state index contributed by atoms with van der Waals surface area (Å²) in [6.07, 6.45) is 0. The van der Waals surface area contributed by atoms with Crippen molar-refractivity contribution in [1.82, 2.24) is 10.6 Å². The molecule has 0 fully saturated rings. The van der Waals surface area contributed by atoms with Crippen LogP contribution in [0.25, 0.3) is 0 Å². The van der Waals surface area contributed by atoms with Gasteiger partial charge in [0.15, 0.2) is 0 Å². The molecule has 0 saturated heterocycles. The van der Waals surface area contributed by atoms with E-state index in [-0.39, 0.29) is 18.3 Å². The molecule has 2 aromatic rings. The third kappa shape index (κ3) is 5.55. The van der Waals surface area contributed by atoms with Gasteiger partial charge in [-0.25, -0.2) is 4.39 Å². The second kappa shape index (κ2) is 8.45. The Balaban J connectivity index is 1.71. The molecule has 0 atom stereocenters. The Labute approximate surface area is 147 Å². The van der Waals surface area contributed by atoms with Gasteiger partial charge in [0, 0.05) is 21.7 Å². The van der Waals surface area contributed by atoms with Crippen LogP contribution in [0.5, 0.6) is 0 Å². The smallest absolute Gasteiger partial charge is 0.234 e. The first-order valence-corrected chi connectivity index (χ1v) is 8.16. The lowest BCUT2D eigenvalue weighted by molar-refractivity contribution is -0.120. The van der Waals surface area contributed by atoms with E-state index in [2.05, 4.69) is 10.6 Å². The Morgan fingerprint density at radius 2 is 1.77 bits per heavy atom. The van der Waals surface area contributed by atoms with Gasteiger partial charge < -0.3 is 10.6 Å². The molecule has 116 valence electrons. The highest BCUT2D eigenvalue weighted by atomic mass is 127. The lowest BCUT2D eigenvalue weighted by atomic mass is 10.2. The van der Waals surface area contributed by atoms with Crippen LogP contribution in [0.2, 0.25) is 5.02 Å². The van der Waals surface area contributed by atoms with Crippen molar-refractivity contribution in [3.63, 3.8) is 0 Å². The third-order valence-corrected chi connectivity index (χ3v) is 4.13. The van der Waals surface area contributed by atoms with Crippen LogP contribution in [0.3, 0.4) is 0 Å². The minimum atomic E-state index is -0.243.